The summed E-state index contributed by atoms with van der Waals surface area (Å²) in [5, 5.41) is 0. The number of hydrogen-bond donors (Lipinski definition) is 1. The highest BCUT2D eigenvalue weighted by atomic mass is 19.4. The summed E-state index contributed by atoms with van der Waals surface area (Å²) in [6.07, 6.45) is -3.46. The molecule has 0 spiro atoms. The van der Waals surface area contributed by atoms with Gasteiger partial charge < -0.3 is 24.8 Å². The zero-order chi connectivity index (χ0) is 29.3. The number of anilines is 1. The summed E-state index contributed by atoms with van der Waals surface area (Å²) in [6.45, 7) is 6.47. The number of pyridine rings is 1. The molecule has 1 saturated heterocycles. The van der Waals surface area contributed by atoms with Crippen LogP contribution in [-0.2, 0) is 46.5 Å². The summed E-state index contributed by atoms with van der Waals surface area (Å²) in [4.78, 5) is 35.2. The van der Waals surface area contributed by atoms with Gasteiger partial charge in [-0.2, -0.15) is 13.2 Å². The monoisotopic (exact) mass is 574 g/mol. The first-order valence-corrected chi connectivity index (χ1v) is 13.8. The molecule has 0 saturated carbocycles. The molecule has 2 amide bonds. The zero-order valence-corrected chi connectivity index (χ0v) is 23.2. The minimum Gasteiger partial charge on any atom is -0.491 e. The second kappa shape index (κ2) is 9.78. The van der Waals surface area contributed by atoms with Gasteiger partial charge in [-0.1, -0.05) is 6.07 Å². The highest BCUT2D eigenvalue weighted by Gasteiger charge is 2.48. The molecule has 2 N–H and O–H groups in total. The third-order valence-corrected chi connectivity index (χ3v) is 8.33. The number of aryl methyl sites for hydroxylation is 1. The molecule has 41 heavy (non-hydrogen) atoms. The quantitative estimate of drug-likeness (QED) is 0.538. The maximum atomic E-state index is 14.2. The summed E-state index contributed by atoms with van der Waals surface area (Å²) in [5.74, 6) is 0.0755. The van der Waals surface area contributed by atoms with Gasteiger partial charge in [-0.25, -0.2) is 9.78 Å². The minimum atomic E-state index is -4.54. The number of halogens is 3. The lowest BCUT2D eigenvalue weighted by Gasteiger charge is -2.50. The number of alkyl halides is 3. The Hall–Kier alpha value is -3.54. The molecule has 1 aliphatic carbocycles. The molecular weight excluding hydrogens is 541 g/mol. The Labute approximate surface area is 235 Å². The van der Waals surface area contributed by atoms with E-state index in [4.69, 9.17) is 19.9 Å². The van der Waals surface area contributed by atoms with E-state index < -0.39 is 35.5 Å². The first kappa shape index (κ1) is 27.6. The SMILES string of the molecule is CC(C)(C)OC(=O)N1CCN(C(=O)[C@@H]2CCc3nc(N)c4c(c3C2)COC4)[C@H]2c3ccc(C(F)(F)F)cc3OC[C@H]21. The van der Waals surface area contributed by atoms with E-state index in [0.29, 0.717) is 43.9 Å². The van der Waals surface area contributed by atoms with Crippen LogP contribution in [0.15, 0.2) is 18.2 Å². The van der Waals surface area contributed by atoms with Crippen LogP contribution in [0, 0.1) is 5.92 Å². The van der Waals surface area contributed by atoms with Crippen molar-refractivity contribution in [2.75, 3.05) is 25.4 Å². The second-order valence-corrected chi connectivity index (χ2v) is 12.1. The molecule has 220 valence electrons. The number of nitrogen functional groups attached to an aromatic ring is 1. The van der Waals surface area contributed by atoms with Crippen molar-refractivity contribution in [3.63, 3.8) is 0 Å². The second-order valence-electron chi connectivity index (χ2n) is 12.1. The molecule has 3 atom stereocenters. The third kappa shape index (κ3) is 4.96. The molecule has 3 aliphatic heterocycles. The van der Waals surface area contributed by atoms with Crippen molar-refractivity contribution in [2.24, 2.45) is 5.92 Å². The van der Waals surface area contributed by atoms with E-state index in [-0.39, 0.29) is 37.3 Å². The Morgan fingerprint density at radius 1 is 1.07 bits per heavy atom. The van der Waals surface area contributed by atoms with Crippen LogP contribution < -0.4 is 10.5 Å². The molecule has 4 heterocycles. The average Bonchev–Trinajstić information content (AvgIpc) is 3.41. The third-order valence-electron chi connectivity index (χ3n) is 8.33. The topological polar surface area (TPSA) is 107 Å². The number of rotatable bonds is 1. The number of nitrogens with zero attached hydrogens (tertiary/aromatic N) is 3. The minimum absolute atomic E-state index is 0.0635. The summed E-state index contributed by atoms with van der Waals surface area (Å²) in [5.41, 5.74) is 8.79. The van der Waals surface area contributed by atoms with Crippen molar-refractivity contribution in [3.8, 4) is 5.75 Å². The number of hydrogen-bond acceptors (Lipinski definition) is 7. The first-order valence-electron chi connectivity index (χ1n) is 13.8. The molecular formula is C29H33F3N4O5. The molecule has 0 unspecified atom stereocenters. The summed E-state index contributed by atoms with van der Waals surface area (Å²) in [6, 6.07) is 2.02. The van der Waals surface area contributed by atoms with E-state index >= 15 is 0 Å². The maximum absolute atomic E-state index is 14.2. The standard InChI is InChI=1S/C29H33F3N4O5/c1-28(2,3)41-27(38)35-8-9-36(24-17-6-5-16(29(30,31)32)11-23(17)40-14-22(24)35)26(37)15-4-7-21-18(10-15)19-12-39-13-20(19)25(33)34-21/h5-6,11,15,22,24H,4,7-10,12-14H2,1-3H3,(H2,33,34)/t15-,22-,24+/m1/s1. The number of aromatic nitrogens is 1. The van der Waals surface area contributed by atoms with Gasteiger partial charge in [-0.3, -0.25) is 9.69 Å². The van der Waals surface area contributed by atoms with Gasteiger partial charge in [0.25, 0.3) is 0 Å². The molecule has 4 aliphatic rings. The molecule has 6 rings (SSSR count). The van der Waals surface area contributed by atoms with Gasteiger partial charge in [0.15, 0.2) is 0 Å². The fourth-order valence-electron chi connectivity index (χ4n) is 6.44. The number of carbonyl (C=O) groups is 2. The van der Waals surface area contributed by atoms with E-state index in [2.05, 4.69) is 4.98 Å². The van der Waals surface area contributed by atoms with Crippen LogP contribution in [-0.4, -0.2) is 58.1 Å². The number of nitrogens with two attached hydrogens (primary N) is 1. The van der Waals surface area contributed by atoms with Gasteiger partial charge in [0, 0.05) is 35.8 Å². The van der Waals surface area contributed by atoms with Gasteiger partial charge in [-0.15, -0.1) is 0 Å². The number of fused-ring (bicyclic) bond motifs is 6. The maximum Gasteiger partial charge on any atom is 0.416 e. The van der Waals surface area contributed by atoms with Crippen molar-refractivity contribution in [2.45, 2.75) is 77.1 Å². The summed E-state index contributed by atoms with van der Waals surface area (Å²) in [7, 11) is 0. The highest BCUT2D eigenvalue weighted by molar-refractivity contribution is 5.81. The lowest BCUT2D eigenvalue weighted by molar-refractivity contribution is -0.145. The Kier molecular flexibility index (Phi) is 6.59. The van der Waals surface area contributed by atoms with E-state index in [1.807, 2.05) is 0 Å². The lowest BCUT2D eigenvalue weighted by Crippen LogP contribution is -2.62. The number of piperazine rings is 1. The van der Waals surface area contributed by atoms with Crippen LogP contribution in [0.3, 0.4) is 0 Å². The lowest BCUT2D eigenvalue weighted by atomic mass is 9.81. The average molecular weight is 575 g/mol. The van der Waals surface area contributed by atoms with Crippen molar-refractivity contribution >= 4 is 17.8 Å². The Morgan fingerprint density at radius 3 is 2.54 bits per heavy atom. The van der Waals surface area contributed by atoms with Crippen LogP contribution in [0.5, 0.6) is 5.75 Å². The first-order chi connectivity index (χ1) is 19.3. The van der Waals surface area contributed by atoms with Crippen molar-refractivity contribution in [1.82, 2.24) is 14.8 Å². The van der Waals surface area contributed by atoms with E-state index in [0.717, 1.165) is 34.5 Å². The van der Waals surface area contributed by atoms with Crippen LogP contribution in [0.4, 0.5) is 23.8 Å². The largest absolute Gasteiger partial charge is 0.491 e. The molecule has 1 aromatic carbocycles. The predicted molar refractivity (Wildman–Crippen MR) is 141 cm³/mol. The molecule has 9 nitrogen and oxygen atoms in total. The van der Waals surface area contributed by atoms with Gasteiger partial charge in [0.2, 0.25) is 5.91 Å². The fraction of sp³-hybridized carbons (Fsp3) is 0.552. The fourth-order valence-corrected chi connectivity index (χ4v) is 6.44. The van der Waals surface area contributed by atoms with Crippen molar-refractivity contribution in [3.05, 3.63) is 51.7 Å². The van der Waals surface area contributed by atoms with Gasteiger partial charge >= 0.3 is 12.3 Å². The van der Waals surface area contributed by atoms with Gasteiger partial charge in [-0.05, 0) is 63.3 Å². The predicted octanol–water partition coefficient (Wildman–Crippen LogP) is 4.40. The van der Waals surface area contributed by atoms with Crippen LogP contribution >= 0.6 is 0 Å². The Bertz CT molecular complexity index is 1410. The molecule has 0 radical (unpaired) electrons. The van der Waals surface area contributed by atoms with Gasteiger partial charge in [0.1, 0.15) is 23.8 Å². The summed E-state index contributed by atoms with van der Waals surface area (Å²) < 4.78 is 57.5. The number of amides is 2. The van der Waals surface area contributed by atoms with E-state index in [1.165, 1.54) is 11.0 Å². The zero-order valence-electron chi connectivity index (χ0n) is 23.2. The Balaban J connectivity index is 1.34. The van der Waals surface area contributed by atoms with E-state index in [9.17, 15) is 22.8 Å². The highest BCUT2D eigenvalue weighted by Crippen LogP contribution is 2.45. The van der Waals surface area contributed by atoms with Crippen LogP contribution in [0.25, 0.3) is 0 Å². The van der Waals surface area contributed by atoms with Gasteiger partial charge in [0.05, 0.1) is 30.9 Å². The number of benzene rings is 1. The molecule has 1 fully saturated rings. The van der Waals surface area contributed by atoms with Crippen LogP contribution in [0.1, 0.15) is 66.7 Å². The molecule has 12 heteroatoms. The number of carbonyl (C=O) groups excluding carboxylic acids is 2. The van der Waals surface area contributed by atoms with E-state index in [1.54, 1.807) is 25.7 Å². The molecule has 1 aromatic heterocycles. The van der Waals surface area contributed by atoms with Crippen molar-refractivity contribution < 1.29 is 37.0 Å². The van der Waals surface area contributed by atoms with Crippen molar-refractivity contribution in [1.29, 1.82) is 0 Å². The normalized spacial score (nSPS) is 23.6. The Morgan fingerprint density at radius 2 is 1.80 bits per heavy atom. The van der Waals surface area contributed by atoms with Crippen LogP contribution in [0.2, 0.25) is 0 Å². The molecule has 2 aromatic rings. The smallest absolute Gasteiger partial charge is 0.416 e. The number of ether oxygens (including phenoxy) is 3. The molecule has 0 bridgehead atoms. The summed E-state index contributed by atoms with van der Waals surface area (Å²) >= 11 is 0.